The van der Waals surface area contributed by atoms with Gasteiger partial charge < -0.3 is 4.74 Å². The fourth-order valence-electron chi connectivity index (χ4n) is 2.24. The molecule has 0 heterocycles. The van der Waals surface area contributed by atoms with Crippen LogP contribution in [-0.2, 0) is 10.2 Å². The van der Waals surface area contributed by atoms with Crippen molar-refractivity contribution in [1.82, 2.24) is 0 Å². The second kappa shape index (κ2) is 7.31. The molecule has 0 aliphatic carbocycles. The van der Waals surface area contributed by atoms with Crippen molar-refractivity contribution in [3.05, 3.63) is 69.7 Å². The molecule has 0 amide bonds. The summed E-state index contributed by atoms with van der Waals surface area (Å²) in [4.78, 5) is 24.5. The van der Waals surface area contributed by atoms with Gasteiger partial charge in [0.15, 0.2) is 6.10 Å². The van der Waals surface area contributed by atoms with Crippen LogP contribution in [0.1, 0.15) is 54.0 Å². The lowest BCUT2D eigenvalue weighted by Crippen LogP contribution is -2.24. The van der Waals surface area contributed by atoms with Crippen LogP contribution in [0, 0.1) is 0 Å². The minimum absolute atomic E-state index is 0.0211. The number of esters is 1. The zero-order chi connectivity index (χ0) is 17.9. The maximum absolute atomic E-state index is 12.3. The Bertz CT molecular complexity index is 725. The molecule has 1 atom stereocenters. The van der Waals surface area contributed by atoms with Gasteiger partial charge >= 0.3 is 5.97 Å². The highest BCUT2D eigenvalue weighted by atomic mass is 79.9. The van der Waals surface area contributed by atoms with Crippen LogP contribution in [0.3, 0.4) is 0 Å². The summed E-state index contributed by atoms with van der Waals surface area (Å²) in [6.45, 7) is 7.92. The third kappa shape index (κ3) is 4.54. The fraction of sp³-hybridized carbons (Fsp3) is 0.300. The Hall–Kier alpha value is -1.94. The number of ether oxygens (including phenoxy) is 1. The highest BCUT2D eigenvalue weighted by molar-refractivity contribution is 9.10. The minimum Gasteiger partial charge on any atom is -0.451 e. The van der Waals surface area contributed by atoms with E-state index in [1.807, 2.05) is 12.1 Å². The van der Waals surface area contributed by atoms with Crippen LogP contribution in [-0.4, -0.2) is 17.9 Å². The van der Waals surface area contributed by atoms with Crippen molar-refractivity contribution in [2.45, 2.75) is 39.2 Å². The van der Waals surface area contributed by atoms with Gasteiger partial charge in [-0.1, -0.05) is 61.0 Å². The number of carbonyl (C=O) groups is 2. The molecule has 2 aromatic carbocycles. The molecular weight excluding hydrogens is 368 g/mol. The lowest BCUT2D eigenvalue weighted by molar-refractivity contribution is 0.0319. The van der Waals surface area contributed by atoms with Crippen molar-refractivity contribution >= 4 is 27.7 Å². The smallest absolute Gasteiger partial charge is 0.338 e. The third-order valence-electron chi connectivity index (χ3n) is 3.77. The number of Topliss-reactive ketones (excluding diaryl/α,β-unsaturated/α-hetero) is 1. The molecule has 24 heavy (non-hydrogen) atoms. The lowest BCUT2D eigenvalue weighted by Gasteiger charge is -2.19. The average molecular weight is 389 g/mol. The largest absolute Gasteiger partial charge is 0.451 e. The molecule has 0 fully saturated rings. The van der Waals surface area contributed by atoms with E-state index in [1.54, 1.807) is 43.3 Å². The molecule has 0 bridgehead atoms. The van der Waals surface area contributed by atoms with E-state index in [1.165, 1.54) is 0 Å². The summed E-state index contributed by atoms with van der Waals surface area (Å²) in [6.07, 6.45) is -0.832. The number of rotatable bonds is 4. The zero-order valence-electron chi connectivity index (χ0n) is 14.3. The number of carbonyl (C=O) groups excluding carboxylic acids is 2. The van der Waals surface area contributed by atoms with Crippen molar-refractivity contribution in [1.29, 1.82) is 0 Å². The van der Waals surface area contributed by atoms with Gasteiger partial charge in [-0.3, -0.25) is 4.79 Å². The Morgan fingerprint density at radius 2 is 1.42 bits per heavy atom. The number of hydrogen-bond acceptors (Lipinski definition) is 3. The second-order valence-corrected chi connectivity index (χ2v) is 7.66. The van der Waals surface area contributed by atoms with Crippen molar-refractivity contribution in [3.8, 4) is 0 Å². The van der Waals surface area contributed by atoms with Crippen molar-refractivity contribution < 1.29 is 14.3 Å². The van der Waals surface area contributed by atoms with E-state index >= 15 is 0 Å². The van der Waals surface area contributed by atoms with Gasteiger partial charge in [-0.25, -0.2) is 4.79 Å². The summed E-state index contributed by atoms with van der Waals surface area (Å²) in [6, 6.07) is 14.3. The van der Waals surface area contributed by atoms with Crippen LogP contribution < -0.4 is 0 Å². The van der Waals surface area contributed by atoms with Gasteiger partial charge in [0, 0.05) is 10.0 Å². The Balaban J connectivity index is 2.05. The Labute approximate surface area is 151 Å². The van der Waals surface area contributed by atoms with Crippen LogP contribution in [0.5, 0.6) is 0 Å². The summed E-state index contributed by atoms with van der Waals surface area (Å²) in [7, 11) is 0. The normalized spacial score (nSPS) is 12.5. The van der Waals surface area contributed by atoms with E-state index in [2.05, 4.69) is 36.7 Å². The highest BCUT2D eigenvalue weighted by Crippen LogP contribution is 2.22. The molecule has 2 aromatic rings. The van der Waals surface area contributed by atoms with Crippen LogP contribution >= 0.6 is 15.9 Å². The Kier molecular flexibility index (Phi) is 5.60. The average Bonchev–Trinajstić information content (AvgIpc) is 2.54. The first-order valence-corrected chi connectivity index (χ1v) is 8.59. The first-order valence-electron chi connectivity index (χ1n) is 7.80. The van der Waals surface area contributed by atoms with Crippen LogP contribution in [0.15, 0.2) is 53.0 Å². The lowest BCUT2D eigenvalue weighted by atomic mass is 9.87. The minimum atomic E-state index is -0.832. The molecule has 0 spiro atoms. The van der Waals surface area contributed by atoms with Gasteiger partial charge in [-0.2, -0.15) is 0 Å². The number of hydrogen-bond donors (Lipinski definition) is 0. The molecule has 3 nitrogen and oxygen atoms in total. The molecule has 0 N–H and O–H groups in total. The molecule has 0 aliphatic rings. The molecule has 0 aromatic heterocycles. The van der Waals surface area contributed by atoms with Crippen molar-refractivity contribution in [2.75, 3.05) is 0 Å². The second-order valence-electron chi connectivity index (χ2n) is 6.75. The van der Waals surface area contributed by atoms with E-state index in [-0.39, 0.29) is 11.2 Å². The number of halogens is 1. The summed E-state index contributed by atoms with van der Waals surface area (Å²) in [5.74, 6) is -0.712. The molecule has 0 unspecified atom stereocenters. The van der Waals surface area contributed by atoms with Gasteiger partial charge in [0.05, 0.1) is 5.56 Å². The SMILES string of the molecule is C[C@@H](OC(=O)c1ccc(C(C)(C)C)cc1)C(=O)c1ccc(Br)cc1. The quantitative estimate of drug-likeness (QED) is 0.535. The van der Waals surface area contributed by atoms with Gasteiger partial charge in [0.25, 0.3) is 0 Å². The maximum atomic E-state index is 12.3. The van der Waals surface area contributed by atoms with E-state index < -0.39 is 12.1 Å². The van der Waals surface area contributed by atoms with Crippen LogP contribution in [0.2, 0.25) is 0 Å². The van der Waals surface area contributed by atoms with Crippen molar-refractivity contribution in [2.24, 2.45) is 0 Å². The highest BCUT2D eigenvalue weighted by Gasteiger charge is 2.21. The van der Waals surface area contributed by atoms with Crippen molar-refractivity contribution in [3.63, 3.8) is 0 Å². The third-order valence-corrected chi connectivity index (χ3v) is 4.30. The van der Waals surface area contributed by atoms with Crippen LogP contribution in [0.4, 0.5) is 0 Å². The van der Waals surface area contributed by atoms with Crippen LogP contribution in [0.25, 0.3) is 0 Å². The standard InChI is InChI=1S/C20H21BrO3/c1-13(18(22)14-7-11-17(21)12-8-14)24-19(23)15-5-9-16(10-6-15)20(2,3)4/h5-13H,1-4H3/t13-/m1/s1. The van der Waals surface area contributed by atoms with Gasteiger partial charge in [-0.15, -0.1) is 0 Å². The molecule has 4 heteroatoms. The summed E-state index contributed by atoms with van der Waals surface area (Å²) < 4.78 is 6.20. The van der Waals surface area contributed by atoms with Gasteiger partial charge in [0.1, 0.15) is 0 Å². The summed E-state index contributed by atoms with van der Waals surface area (Å²) >= 11 is 3.33. The fourth-order valence-corrected chi connectivity index (χ4v) is 2.50. The zero-order valence-corrected chi connectivity index (χ0v) is 15.9. The number of ketones is 1. The summed E-state index contributed by atoms with van der Waals surface area (Å²) in [5, 5.41) is 0. The predicted octanol–water partition coefficient (Wildman–Crippen LogP) is 5.17. The van der Waals surface area contributed by atoms with E-state index in [0.717, 1.165) is 10.0 Å². The van der Waals surface area contributed by atoms with E-state index in [4.69, 9.17) is 4.74 Å². The molecule has 0 aliphatic heterocycles. The number of benzene rings is 2. The van der Waals surface area contributed by atoms with Gasteiger partial charge in [0.2, 0.25) is 5.78 Å². The first kappa shape index (κ1) is 18.4. The molecule has 126 valence electrons. The topological polar surface area (TPSA) is 43.4 Å². The van der Waals surface area contributed by atoms with E-state index in [9.17, 15) is 9.59 Å². The predicted molar refractivity (Wildman–Crippen MR) is 98.5 cm³/mol. The molecular formula is C20H21BrO3. The molecule has 0 saturated heterocycles. The maximum Gasteiger partial charge on any atom is 0.338 e. The van der Waals surface area contributed by atoms with E-state index in [0.29, 0.717) is 11.1 Å². The van der Waals surface area contributed by atoms with Gasteiger partial charge in [-0.05, 0) is 42.2 Å². The Morgan fingerprint density at radius 1 is 0.917 bits per heavy atom. The molecule has 0 saturated carbocycles. The first-order chi connectivity index (χ1) is 11.2. The molecule has 2 rings (SSSR count). The molecule has 0 radical (unpaired) electrons. The monoisotopic (exact) mass is 388 g/mol. The summed E-state index contributed by atoms with van der Waals surface area (Å²) in [5.41, 5.74) is 2.12. The Morgan fingerprint density at radius 3 is 1.92 bits per heavy atom.